The van der Waals surface area contributed by atoms with Crippen molar-refractivity contribution in [3.63, 3.8) is 0 Å². The number of alkyl halides is 5. The maximum Gasteiger partial charge on any atom is 0.459 e. The van der Waals surface area contributed by atoms with Crippen LogP contribution in [0.25, 0.3) is 5.82 Å². The number of pyridine rings is 1. The van der Waals surface area contributed by atoms with Gasteiger partial charge in [-0.1, -0.05) is 17.7 Å². The highest BCUT2D eigenvalue weighted by molar-refractivity contribution is 6.32. The molecule has 1 saturated carbocycles. The lowest BCUT2D eigenvalue weighted by Crippen LogP contribution is -2.34. The van der Waals surface area contributed by atoms with Gasteiger partial charge >= 0.3 is 12.1 Å². The van der Waals surface area contributed by atoms with Crippen LogP contribution in [0.2, 0.25) is 5.02 Å². The fourth-order valence-corrected chi connectivity index (χ4v) is 4.35. The molecule has 0 aliphatic heterocycles. The summed E-state index contributed by atoms with van der Waals surface area (Å²) in [7, 11) is 0. The molecule has 1 aromatic carbocycles. The molecule has 1 aliphatic carbocycles. The number of hydrogen-bond acceptors (Lipinski definition) is 6. The van der Waals surface area contributed by atoms with E-state index in [1.54, 1.807) is 25.1 Å². The number of anilines is 1. The largest absolute Gasteiger partial charge is 0.459 e. The van der Waals surface area contributed by atoms with Crippen LogP contribution in [0.3, 0.4) is 0 Å². The lowest BCUT2D eigenvalue weighted by molar-refractivity contribution is -0.291. The molecule has 0 atom stereocenters. The second-order valence-electron chi connectivity index (χ2n) is 9.78. The van der Waals surface area contributed by atoms with E-state index in [9.17, 15) is 31.5 Å². The van der Waals surface area contributed by atoms with Gasteiger partial charge in [-0.15, -0.1) is 0 Å². The van der Waals surface area contributed by atoms with Gasteiger partial charge in [-0.2, -0.15) is 42.0 Å². The Morgan fingerprint density at radius 1 is 1.07 bits per heavy atom. The number of benzene rings is 1. The number of carbonyl (C=O) groups excluding carboxylic acids is 2. The number of nitrogens with zero attached hydrogens (tertiary/aromatic N) is 6. The van der Waals surface area contributed by atoms with Crippen molar-refractivity contribution in [3.8, 4) is 5.82 Å². The van der Waals surface area contributed by atoms with E-state index in [2.05, 4.69) is 30.9 Å². The quantitative estimate of drug-likeness (QED) is 0.273. The first-order valence-corrected chi connectivity index (χ1v) is 12.9. The summed E-state index contributed by atoms with van der Waals surface area (Å²) < 4.78 is 66.8. The Labute approximate surface area is 239 Å². The van der Waals surface area contributed by atoms with Gasteiger partial charge in [-0.3, -0.25) is 9.59 Å². The topological polar surface area (TPSA) is 120 Å². The SMILES string of the molecule is Cc1cc(C)c(NC(=O)c2cc(Cn3ncc(C(F)(F)C(F)(F)F)n3)nn2-c2ncccc2Cl)c(C(=O)NC2CC2)c1. The highest BCUT2D eigenvalue weighted by atomic mass is 35.5. The normalized spacial score (nSPS) is 13.7. The van der Waals surface area contributed by atoms with Gasteiger partial charge in [0.2, 0.25) is 0 Å². The Balaban J connectivity index is 1.50. The van der Waals surface area contributed by atoms with Gasteiger partial charge in [0.25, 0.3) is 11.8 Å². The van der Waals surface area contributed by atoms with Crippen molar-refractivity contribution in [1.82, 2.24) is 35.1 Å². The van der Waals surface area contributed by atoms with Crippen LogP contribution in [0.5, 0.6) is 0 Å². The van der Waals surface area contributed by atoms with Gasteiger partial charge in [0.05, 0.1) is 28.2 Å². The van der Waals surface area contributed by atoms with E-state index in [1.165, 1.54) is 18.3 Å². The molecule has 0 saturated heterocycles. The van der Waals surface area contributed by atoms with Crippen molar-refractivity contribution in [3.05, 3.63) is 81.5 Å². The number of halogens is 6. The lowest BCUT2D eigenvalue weighted by Gasteiger charge is -2.16. The first-order chi connectivity index (χ1) is 19.7. The summed E-state index contributed by atoms with van der Waals surface area (Å²) in [6.45, 7) is 3.08. The fraction of sp³-hybridized carbons (Fsp3) is 0.308. The van der Waals surface area contributed by atoms with E-state index in [0.717, 1.165) is 23.1 Å². The molecule has 42 heavy (non-hydrogen) atoms. The van der Waals surface area contributed by atoms with E-state index in [4.69, 9.17) is 11.6 Å². The summed E-state index contributed by atoms with van der Waals surface area (Å²) in [6, 6.07) is 7.82. The number of carbonyl (C=O) groups is 2. The third-order valence-electron chi connectivity index (χ3n) is 6.33. The fourth-order valence-electron chi connectivity index (χ4n) is 4.15. The Bertz CT molecular complexity index is 1680. The first-order valence-electron chi connectivity index (χ1n) is 12.5. The average molecular weight is 609 g/mol. The summed E-state index contributed by atoms with van der Waals surface area (Å²) in [6.07, 6.45) is -2.42. The van der Waals surface area contributed by atoms with Gasteiger partial charge in [0.15, 0.2) is 11.5 Å². The number of nitrogens with one attached hydrogen (secondary N) is 2. The van der Waals surface area contributed by atoms with Crippen LogP contribution < -0.4 is 10.6 Å². The van der Waals surface area contributed by atoms with Gasteiger partial charge < -0.3 is 10.6 Å². The Hall–Kier alpha value is -4.40. The van der Waals surface area contributed by atoms with Crippen LogP contribution in [0.4, 0.5) is 27.6 Å². The highest BCUT2D eigenvalue weighted by Gasteiger charge is 2.60. The highest BCUT2D eigenvalue weighted by Crippen LogP contribution is 2.42. The zero-order valence-corrected chi connectivity index (χ0v) is 22.8. The van der Waals surface area contributed by atoms with Crippen molar-refractivity contribution in [1.29, 1.82) is 0 Å². The zero-order chi connectivity index (χ0) is 30.4. The van der Waals surface area contributed by atoms with E-state index >= 15 is 0 Å². The summed E-state index contributed by atoms with van der Waals surface area (Å²) >= 11 is 6.30. The molecule has 5 rings (SSSR count). The molecule has 0 unspecified atom stereocenters. The minimum atomic E-state index is -5.86. The first kappa shape index (κ1) is 29.1. The standard InChI is InChI=1S/C26H22ClF5N8O2/c1-13-8-14(2)21(17(9-13)23(41)35-15-5-6-15)36-24(42)19-10-16(37-40(19)22-18(27)4-3-7-33-22)12-39-34-11-20(38-39)25(28,29)26(30,31)32/h3-4,7-11,15H,5-6,12H2,1-2H3,(H,35,41)(H,36,42). The number of amides is 2. The van der Waals surface area contributed by atoms with E-state index in [-0.39, 0.29) is 45.4 Å². The molecule has 0 bridgehead atoms. The number of aryl methyl sites for hydroxylation is 2. The van der Waals surface area contributed by atoms with Crippen LogP contribution in [-0.2, 0) is 12.5 Å². The molecule has 1 aliphatic rings. The minimum absolute atomic E-state index is 0.0201. The molecule has 3 heterocycles. The summed E-state index contributed by atoms with van der Waals surface area (Å²) in [5.74, 6) is -6.24. The Morgan fingerprint density at radius 3 is 2.48 bits per heavy atom. The maximum absolute atomic E-state index is 13.7. The number of aromatic nitrogens is 6. The molecule has 10 nitrogen and oxygen atoms in total. The molecule has 4 aromatic rings. The van der Waals surface area contributed by atoms with Crippen molar-refractivity contribution < 1.29 is 31.5 Å². The van der Waals surface area contributed by atoms with Crippen LogP contribution >= 0.6 is 11.6 Å². The predicted octanol–water partition coefficient (Wildman–Crippen LogP) is 4.98. The van der Waals surface area contributed by atoms with Crippen molar-refractivity contribution in [2.24, 2.45) is 0 Å². The third-order valence-corrected chi connectivity index (χ3v) is 6.62. The van der Waals surface area contributed by atoms with Crippen molar-refractivity contribution >= 4 is 29.1 Å². The summed E-state index contributed by atoms with van der Waals surface area (Å²) in [5, 5.41) is 16.8. The molecule has 220 valence electrons. The van der Waals surface area contributed by atoms with Gasteiger partial charge in [0.1, 0.15) is 12.2 Å². The molecular formula is C26H22ClF5N8O2. The Morgan fingerprint density at radius 2 is 1.81 bits per heavy atom. The lowest BCUT2D eigenvalue weighted by atomic mass is 10.0. The maximum atomic E-state index is 13.7. The van der Waals surface area contributed by atoms with E-state index < -0.39 is 30.2 Å². The minimum Gasteiger partial charge on any atom is -0.349 e. The summed E-state index contributed by atoms with van der Waals surface area (Å²) in [4.78, 5) is 31.4. The van der Waals surface area contributed by atoms with Crippen LogP contribution in [0, 0.1) is 13.8 Å². The van der Waals surface area contributed by atoms with Crippen LogP contribution in [0.1, 0.15) is 56.2 Å². The molecule has 0 radical (unpaired) electrons. The summed E-state index contributed by atoms with van der Waals surface area (Å²) in [5.41, 5.74) is 0.254. The molecule has 0 spiro atoms. The molecular weight excluding hydrogens is 587 g/mol. The second-order valence-corrected chi connectivity index (χ2v) is 10.2. The zero-order valence-electron chi connectivity index (χ0n) is 22.0. The van der Waals surface area contributed by atoms with Crippen molar-refractivity contribution in [2.45, 2.75) is 51.4 Å². The molecule has 16 heteroatoms. The van der Waals surface area contributed by atoms with Gasteiger partial charge in [-0.05, 0) is 62.1 Å². The van der Waals surface area contributed by atoms with Crippen molar-refractivity contribution in [2.75, 3.05) is 5.32 Å². The predicted molar refractivity (Wildman–Crippen MR) is 140 cm³/mol. The van der Waals surface area contributed by atoms with E-state index in [1.807, 2.05) is 6.92 Å². The van der Waals surface area contributed by atoms with Crippen LogP contribution in [-0.4, -0.2) is 53.8 Å². The monoisotopic (exact) mass is 608 g/mol. The molecule has 2 amide bonds. The molecule has 3 aromatic heterocycles. The van der Waals surface area contributed by atoms with Gasteiger partial charge in [-0.25, -0.2) is 9.67 Å². The smallest absolute Gasteiger partial charge is 0.349 e. The van der Waals surface area contributed by atoms with Gasteiger partial charge in [0, 0.05) is 12.2 Å². The average Bonchev–Trinajstić information content (AvgIpc) is 3.42. The molecule has 1 fully saturated rings. The third kappa shape index (κ3) is 5.82. The number of hydrogen-bond donors (Lipinski definition) is 2. The Kier molecular flexibility index (Phi) is 7.47. The number of rotatable bonds is 8. The van der Waals surface area contributed by atoms with Crippen LogP contribution in [0.15, 0.2) is 42.7 Å². The second kappa shape index (κ2) is 10.8. The van der Waals surface area contributed by atoms with E-state index in [0.29, 0.717) is 16.6 Å². The molecule has 2 N–H and O–H groups in total.